The van der Waals surface area contributed by atoms with Crippen LogP contribution >= 0.6 is 0 Å². The SMILES string of the molecule is C[C@H](Nc1c(C(=O)OCc2ccccc2)ccc2ccccc12)C(=O)O. The molecular formula is C21H19NO4. The van der Waals surface area contributed by atoms with Crippen molar-refractivity contribution in [1.29, 1.82) is 0 Å². The fourth-order valence-electron chi connectivity index (χ4n) is 2.68. The van der Waals surface area contributed by atoms with E-state index in [9.17, 15) is 14.7 Å². The molecule has 5 nitrogen and oxygen atoms in total. The van der Waals surface area contributed by atoms with E-state index in [0.29, 0.717) is 11.3 Å². The number of carboxylic acid groups (broad SMARTS) is 1. The summed E-state index contributed by atoms with van der Waals surface area (Å²) in [5, 5.41) is 13.8. The molecule has 0 bridgehead atoms. The first-order chi connectivity index (χ1) is 12.6. The fraction of sp³-hybridized carbons (Fsp3) is 0.143. The largest absolute Gasteiger partial charge is 0.480 e. The number of anilines is 1. The molecule has 0 aliphatic carbocycles. The van der Waals surface area contributed by atoms with Gasteiger partial charge in [0.25, 0.3) is 0 Å². The van der Waals surface area contributed by atoms with Gasteiger partial charge < -0.3 is 15.2 Å². The van der Waals surface area contributed by atoms with Gasteiger partial charge in [-0.1, -0.05) is 60.7 Å². The van der Waals surface area contributed by atoms with Crippen LogP contribution in [-0.2, 0) is 16.1 Å². The fourth-order valence-corrected chi connectivity index (χ4v) is 2.68. The number of hydrogen-bond donors (Lipinski definition) is 2. The van der Waals surface area contributed by atoms with E-state index in [1.165, 1.54) is 6.92 Å². The number of nitrogens with one attached hydrogen (secondary N) is 1. The Morgan fingerprint density at radius 3 is 2.42 bits per heavy atom. The van der Waals surface area contributed by atoms with E-state index >= 15 is 0 Å². The minimum Gasteiger partial charge on any atom is -0.480 e. The highest BCUT2D eigenvalue weighted by Crippen LogP contribution is 2.29. The second-order valence-corrected chi connectivity index (χ2v) is 5.98. The molecule has 0 unspecified atom stereocenters. The molecule has 1 atom stereocenters. The van der Waals surface area contributed by atoms with Crippen LogP contribution < -0.4 is 5.32 Å². The van der Waals surface area contributed by atoms with Crippen molar-refractivity contribution in [2.75, 3.05) is 5.32 Å². The van der Waals surface area contributed by atoms with Crippen molar-refractivity contribution >= 4 is 28.4 Å². The minimum absolute atomic E-state index is 0.153. The second kappa shape index (κ2) is 7.70. The molecule has 0 aromatic heterocycles. The zero-order chi connectivity index (χ0) is 18.5. The molecule has 0 spiro atoms. The maximum Gasteiger partial charge on any atom is 0.340 e. The molecule has 0 aliphatic rings. The van der Waals surface area contributed by atoms with Crippen LogP contribution in [0.5, 0.6) is 0 Å². The van der Waals surface area contributed by atoms with Crippen LogP contribution in [0.15, 0.2) is 66.7 Å². The predicted octanol–water partition coefficient (Wildman–Crippen LogP) is 4.08. The summed E-state index contributed by atoms with van der Waals surface area (Å²) in [4.78, 5) is 23.9. The number of aliphatic carboxylic acids is 1. The Balaban J connectivity index is 1.93. The lowest BCUT2D eigenvalue weighted by Crippen LogP contribution is -2.26. The average molecular weight is 349 g/mol. The number of ether oxygens (including phenoxy) is 1. The number of carboxylic acids is 1. The van der Waals surface area contributed by atoms with Gasteiger partial charge in [-0.15, -0.1) is 0 Å². The molecule has 132 valence electrons. The normalized spacial score (nSPS) is 11.7. The van der Waals surface area contributed by atoms with Crippen LogP contribution in [0.25, 0.3) is 10.8 Å². The molecule has 0 fully saturated rings. The number of fused-ring (bicyclic) bond motifs is 1. The monoisotopic (exact) mass is 349 g/mol. The highest BCUT2D eigenvalue weighted by Gasteiger charge is 2.19. The maximum atomic E-state index is 12.6. The quantitative estimate of drug-likeness (QED) is 0.656. The maximum absolute atomic E-state index is 12.6. The minimum atomic E-state index is -0.999. The summed E-state index contributed by atoms with van der Waals surface area (Å²) in [5.41, 5.74) is 1.67. The van der Waals surface area contributed by atoms with E-state index in [4.69, 9.17) is 4.74 Å². The standard InChI is InChI=1S/C21H19NO4/c1-14(20(23)24)22-19-17-10-6-5-9-16(17)11-12-18(19)21(25)26-13-15-7-3-2-4-8-15/h2-12,14,22H,13H2,1H3,(H,23,24)/t14-/m0/s1. The summed E-state index contributed by atoms with van der Waals surface area (Å²) in [6.45, 7) is 1.68. The Morgan fingerprint density at radius 2 is 1.69 bits per heavy atom. The molecule has 0 saturated heterocycles. The summed E-state index contributed by atoms with van der Waals surface area (Å²) in [6, 6.07) is 19.5. The molecule has 0 saturated carbocycles. The predicted molar refractivity (Wildman–Crippen MR) is 100 cm³/mol. The first kappa shape index (κ1) is 17.5. The Hall–Kier alpha value is -3.34. The number of rotatable bonds is 6. The lowest BCUT2D eigenvalue weighted by Gasteiger charge is -2.17. The molecule has 0 radical (unpaired) electrons. The Morgan fingerprint density at radius 1 is 1.00 bits per heavy atom. The van der Waals surface area contributed by atoms with Gasteiger partial charge in [0.1, 0.15) is 12.6 Å². The van der Waals surface area contributed by atoms with Crippen molar-refractivity contribution in [3.05, 3.63) is 77.9 Å². The second-order valence-electron chi connectivity index (χ2n) is 5.98. The van der Waals surface area contributed by atoms with Crippen LogP contribution in [-0.4, -0.2) is 23.1 Å². The summed E-state index contributed by atoms with van der Waals surface area (Å²) >= 11 is 0. The van der Waals surface area contributed by atoms with Gasteiger partial charge in [-0.05, 0) is 23.9 Å². The smallest absolute Gasteiger partial charge is 0.340 e. The summed E-state index contributed by atoms with van der Waals surface area (Å²) in [7, 11) is 0. The van der Waals surface area contributed by atoms with Gasteiger partial charge in [-0.2, -0.15) is 0 Å². The molecule has 0 heterocycles. The number of carbonyl (C=O) groups excluding carboxylic acids is 1. The van der Waals surface area contributed by atoms with Crippen molar-refractivity contribution in [2.45, 2.75) is 19.6 Å². The lowest BCUT2D eigenvalue weighted by molar-refractivity contribution is -0.137. The summed E-state index contributed by atoms with van der Waals surface area (Å²) in [6.07, 6.45) is 0. The molecule has 2 N–H and O–H groups in total. The highest BCUT2D eigenvalue weighted by atomic mass is 16.5. The average Bonchev–Trinajstić information content (AvgIpc) is 2.67. The van der Waals surface area contributed by atoms with E-state index in [-0.39, 0.29) is 6.61 Å². The third-order valence-corrected chi connectivity index (χ3v) is 4.09. The Labute approximate surface area is 151 Å². The van der Waals surface area contributed by atoms with Crippen molar-refractivity contribution in [3.8, 4) is 0 Å². The van der Waals surface area contributed by atoms with E-state index < -0.39 is 18.0 Å². The molecule has 3 aromatic carbocycles. The third kappa shape index (κ3) is 3.83. The number of hydrogen-bond acceptors (Lipinski definition) is 4. The highest BCUT2D eigenvalue weighted by molar-refractivity contribution is 6.07. The van der Waals surface area contributed by atoms with Crippen LogP contribution in [0.2, 0.25) is 0 Å². The van der Waals surface area contributed by atoms with Crippen molar-refractivity contribution < 1.29 is 19.4 Å². The van der Waals surface area contributed by atoms with Gasteiger partial charge in [-0.3, -0.25) is 4.79 Å². The van der Waals surface area contributed by atoms with Crippen LogP contribution in [0.1, 0.15) is 22.8 Å². The molecule has 0 aliphatic heterocycles. The van der Waals surface area contributed by atoms with Gasteiger partial charge in [0.15, 0.2) is 0 Å². The van der Waals surface area contributed by atoms with Crippen LogP contribution in [0.3, 0.4) is 0 Å². The molecule has 26 heavy (non-hydrogen) atoms. The van der Waals surface area contributed by atoms with Crippen LogP contribution in [0.4, 0.5) is 5.69 Å². The molecule has 5 heteroatoms. The number of benzene rings is 3. The summed E-state index contributed by atoms with van der Waals surface area (Å²) < 4.78 is 5.42. The van der Waals surface area contributed by atoms with Crippen molar-refractivity contribution in [1.82, 2.24) is 0 Å². The van der Waals surface area contributed by atoms with E-state index in [2.05, 4.69) is 5.32 Å². The number of carbonyl (C=O) groups is 2. The van der Waals surface area contributed by atoms with E-state index in [0.717, 1.165) is 16.3 Å². The zero-order valence-corrected chi connectivity index (χ0v) is 14.3. The van der Waals surface area contributed by atoms with E-state index in [1.807, 2.05) is 60.7 Å². The molecule has 0 amide bonds. The topological polar surface area (TPSA) is 75.6 Å². The number of esters is 1. The zero-order valence-electron chi connectivity index (χ0n) is 14.3. The lowest BCUT2D eigenvalue weighted by atomic mass is 10.0. The van der Waals surface area contributed by atoms with Gasteiger partial charge in [0, 0.05) is 5.39 Å². The van der Waals surface area contributed by atoms with Crippen molar-refractivity contribution in [2.24, 2.45) is 0 Å². The van der Waals surface area contributed by atoms with Gasteiger partial charge in [0.05, 0.1) is 11.3 Å². The van der Waals surface area contributed by atoms with Gasteiger partial charge in [0.2, 0.25) is 0 Å². The summed E-state index contributed by atoms with van der Waals surface area (Å²) in [5.74, 6) is -1.50. The Kier molecular flexibility index (Phi) is 5.17. The molecule has 3 rings (SSSR count). The van der Waals surface area contributed by atoms with E-state index in [1.54, 1.807) is 6.07 Å². The van der Waals surface area contributed by atoms with Gasteiger partial charge in [-0.25, -0.2) is 4.79 Å². The van der Waals surface area contributed by atoms with Gasteiger partial charge >= 0.3 is 11.9 Å². The Bertz CT molecular complexity index is 937. The van der Waals surface area contributed by atoms with Crippen molar-refractivity contribution in [3.63, 3.8) is 0 Å². The van der Waals surface area contributed by atoms with Crippen LogP contribution in [0, 0.1) is 0 Å². The molecule has 3 aromatic rings. The third-order valence-electron chi connectivity index (χ3n) is 4.09. The first-order valence-corrected chi connectivity index (χ1v) is 8.28. The first-order valence-electron chi connectivity index (χ1n) is 8.28. The molecular weight excluding hydrogens is 330 g/mol.